The van der Waals surface area contributed by atoms with Crippen molar-refractivity contribution in [2.75, 3.05) is 20.0 Å². The molecule has 0 bridgehead atoms. The van der Waals surface area contributed by atoms with Gasteiger partial charge in [-0.05, 0) is 52.5 Å². The van der Waals surface area contributed by atoms with E-state index in [2.05, 4.69) is 76.2 Å². The topological polar surface area (TPSA) is 18.5 Å². The highest BCUT2D eigenvalue weighted by Gasteiger charge is 2.34. The summed E-state index contributed by atoms with van der Waals surface area (Å²) >= 11 is 0. The minimum Gasteiger partial charge on any atom is -0.355 e. The molecule has 2 nitrogen and oxygen atoms in total. The average Bonchev–Trinajstić information content (AvgIpc) is 3.10. The van der Waals surface area contributed by atoms with Crippen LogP contribution < -0.4 is 0 Å². The first kappa shape index (κ1) is 19.4. The molecule has 2 aliphatic rings. The summed E-state index contributed by atoms with van der Waals surface area (Å²) in [7, 11) is 0. The third kappa shape index (κ3) is 3.68. The third-order valence-corrected chi connectivity index (χ3v) is 6.32. The van der Waals surface area contributed by atoms with Crippen LogP contribution in [0.15, 0.2) is 48.0 Å². The molecule has 2 aromatic carbocycles. The molecule has 1 heterocycles. The van der Waals surface area contributed by atoms with E-state index in [1.807, 2.05) is 0 Å². The minimum absolute atomic E-state index is 0.119. The van der Waals surface area contributed by atoms with Crippen molar-refractivity contribution in [2.45, 2.75) is 52.4 Å². The van der Waals surface area contributed by atoms with Crippen LogP contribution in [0.1, 0.15) is 57.2 Å². The van der Waals surface area contributed by atoms with Gasteiger partial charge >= 0.3 is 0 Å². The van der Waals surface area contributed by atoms with Crippen molar-refractivity contribution in [3.63, 3.8) is 0 Å². The van der Waals surface area contributed by atoms with Crippen LogP contribution in [0.4, 0.5) is 0 Å². The molecule has 0 saturated carbocycles. The van der Waals surface area contributed by atoms with Gasteiger partial charge in [-0.3, -0.25) is 0 Å². The van der Waals surface area contributed by atoms with E-state index in [4.69, 9.17) is 9.47 Å². The Balaban J connectivity index is 1.71. The van der Waals surface area contributed by atoms with Crippen LogP contribution in [0.5, 0.6) is 0 Å². The maximum absolute atomic E-state index is 5.66. The number of ether oxygens (including phenoxy) is 2. The van der Waals surface area contributed by atoms with Crippen molar-refractivity contribution in [1.29, 1.82) is 0 Å². The summed E-state index contributed by atoms with van der Waals surface area (Å²) in [4.78, 5) is 0. The minimum atomic E-state index is 0.119. The van der Waals surface area contributed by atoms with E-state index in [-0.39, 0.29) is 10.8 Å². The molecule has 0 amide bonds. The summed E-state index contributed by atoms with van der Waals surface area (Å²) < 4.78 is 11.3. The number of hydrogen-bond donors (Lipinski definition) is 0. The Morgan fingerprint density at radius 2 is 1.64 bits per heavy atom. The number of benzene rings is 2. The lowest BCUT2D eigenvalue weighted by atomic mass is 9.79. The predicted octanol–water partition coefficient (Wildman–Crippen LogP) is 6.38. The molecule has 1 aliphatic heterocycles. The van der Waals surface area contributed by atoms with Gasteiger partial charge in [-0.2, -0.15) is 0 Å². The summed E-state index contributed by atoms with van der Waals surface area (Å²) in [6.07, 6.45) is 5.62. The first-order chi connectivity index (χ1) is 13.4. The first-order valence-corrected chi connectivity index (χ1v) is 10.5. The normalized spacial score (nSPS) is 18.6. The monoisotopic (exact) mass is 376 g/mol. The van der Waals surface area contributed by atoms with Crippen molar-refractivity contribution in [3.8, 4) is 11.1 Å². The number of rotatable bonds is 4. The van der Waals surface area contributed by atoms with Gasteiger partial charge < -0.3 is 9.47 Å². The smallest absolute Gasteiger partial charge is 0.146 e. The van der Waals surface area contributed by atoms with Gasteiger partial charge in [-0.15, -0.1) is 0 Å². The molecule has 0 atom stereocenters. The lowest BCUT2D eigenvalue weighted by Crippen LogP contribution is -2.37. The predicted molar refractivity (Wildman–Crippen MR) is 116 cm³/mol. The fourth-order valence-corrected chi connectivity index (χ4v) is 4.69. The molecule has 148 valence electrons. The van der Waals surface area contributed by atoms with Gasteiger partial charge in [0.2, 0.25) is 0 Å². The number of fused-ring (bicyclic) bond motifs is 1. The molecule has 0 unspecified atom stereocenters. The maximum atomic E-state index is 5.66. The molecule has 0 aromatic heterocycles. The fraction of sp³-hybridized carbons (Fsp3) is 0.462. The van der Waals surface area contributed by atoms with E-state index in [1.54, 1.807) is 0 Å². The van der Waals surface area contributed by atoms with Crippen molar-refractivity contribution in [1.82, 2.24) is 0 Å². The number of hydrogen-bond acceptors (Lipinski definition) is 2. The van der Waals surface area contributed by atoms with Gasteiger partial charge in [0.05, 0.1) is 13.2 Å². The zero-order valence-corrected chi connectivity index (χ0v) is 17.7. The van der Waals surface area contributed by atoms with Gasteiger partial charge in [-0.1, -0.05) is 81.8 Å². The van der Waals surface area contributed by atoms with Gasteiger partial charge in [0, 0.05) is 5.41 Å². The molecular weight excluding hydrogens is 344 g/mol. The van der Waals surface area contributed by atoms with Gasteiger partial charge in [0.25, 0.3) is 0 Å². The van der Waals surface area contributed by atoms with Crippen molar-refractivity contribution < 1.29 is 9.47 Å². The molecule has 1 aliphatic carbocycles. The van der Waals surface area contributed by atoms with E-state index in [0.717, 1.165) is 32.5 Å². The van der Waals surface area contributed by atoms with Crippen LogP contribution in [0.2, 0.25) is 0 Å². The Kier molecular flexibility index (Phi) is 5.20. The molecule has 0 radical (unpaired) electrons. The second-order valence-electron chi connectivity index (χ2n) is 9.50. The van der Waals surface area contributed by atoms with Crippen LogP contribution in [0.3, 0.4) is 0 Å². The van der Waals surface area contributed by atoms with Crippen LogP contribution in [0.25, 0.3) is 17.2 Å². The maximum Gasteiger partial charge on any atom is 0.146 e. The molecule has 4 rings (SSSR count). The highest BCUT2D eigenvalue weighted by Crippen LogP contribution is 2.42. The second kappa shape index (κ2) is 7.50. The summed E-state index contributed by atoms with van der Waals surface area (Å²) in [6, 6.07) is 15.6. The standard InChI is InChI=1S/C26H32O2/c1-5-26(16-27-18-28-17-26)15-19-13-20-9-8-11-21(23(20)14-19)22-10-6-7-12-24(22)25(2,3)4/h6-12,14H,5,13,15-18H2,1-4H3. The first-order valence-electron chi connectivity index (χ1n) is 10.5. The summed E-state index contributed by atoms with van der Waals surface area (Å²) in [5, 5.41) is 0. The summed E-state index contributed by atoms with van der Waals surface area (Å²) in [5.74, 6) is 0. The van der Waals surface area contributed by atoms with Crippen LogP contribution in [-0.4, -0.2) is 20.0 Å². The van der Waals surface area contributed by atoms with E-state index in [9.17, 15) is 0 Å². The molecule has 1 fully saturated rings. The summed E-state index contributed by atoms with van der Waals surface area (Å²) in [6.45, 7) is 11.2. The van der Waals surface area contributed by atoms with Crippen molar-refractivity contribution in [2.24, 2.45) is 5.41 Å². The molecule has 2 heteroatoms. The quantitative estimate of drug-likeness (QED) is 0.616. The Morgan fingerprint density at radius 1 is 0.929 bits per heavy atom. The molecule has 0 N–H and O–H groups in total. The summed E-state index contributed by atoms with van der Waals surface area (Å²) in [5.41, 5.74) is 8.72. The molecular formula is C26H32O2. The zero-order valence-electron chi connectivity index (χ0n) is 17.7. The Morgan fingerprint density at radius 3 is 2.36 bits per heavy atom. The highest BCUT2D eigenvalue weighted by atomic mass is 16.7. The van der Waals surface area contributed by atoms with Crippen LogP contribution in [-0.2, 0) is 21.3 Å². The Labute approximate surface area is 169 Å². The SMILES string of the molecule is CCC1(CC2=Cc3c(cccc3-c3ccccc3C(C)(C)C)C2)COCOC1. The van der Waals surface area contributed by atoms with E-state index < -0.39 is 0 Å². The molecule has 0 spiro atoms. The van der Waals surface area contributed by atoms with E-state index in [0.29, 0.717) is 6.79 Å². The van der Waals surface area contributed by atoms with Gasteiger partial charge in [0.1, 0.15) is 6.79 Å². The van der Waals surface area contributed by atoms with Gasteiger partial charge in [0.15, 0.2) is 0 Å². The zero-order chi connectivity index (χ0) is 19.8. The molecule has 28 heavy (non-hydrogen) atoms. The molecule has 1 saturated heterocycles. The lowest BCUT2D eigenvalue weighted by molar-refractivity contribution is -0.165. The second-order valence-corrected chi connectivity index (χ2v) is 9.50. The van der Waals surface area contributed by atoms with Crippen molar-refractivity contribution in [3.05, 3.63) is 64.7 Å². The largest absolute Gasteiger partial charge is 0.355 e. The number of allylic oxidation sites excluding steroid dienone is 1. The Bertz CT molecular complexity index is 880. The van der Waals surface area contributed by atoms with Crippen molar-refractivity contribution >= 4 is 6.08 Å². The van der Waals surface area contributed by atoms with Crippen LogP contribution >= 0.6 is 0 Å². The van der Waals surface area contributed by atoms with E-state index in [1.165, 1.54) is 33.4 Å². The third-order valence-electron chi connectivity index (χ3n) is 6.32. The Hall–Kier alpha value is -1.90. The van der Waals surface area contributed by atoms with E-state index >= 15 is 0 Å². The highest BCUT2D eigenvalue weighted by molar-refractivity contribution is 5.82. The average molecular weight is 377 g/mol. The lowest BCUT2D eigenvalue weighted by Gasteiger charge is -2.36. The van der Waals surface area contributed by atoms with Gasteiger partial charge in [-0.25, -0.2) is 0 Å². The fourth-order valence-electron chi connectivity index (χ4n) is 4.69. The molecule has 2 aromatic rings. The van der Waals surface area contributed by atoms with Crippen LogP contribution in [0, 0.1) is 5.41 Å².